The van der Waals surface area contributed by atoms with E-state index in [0.717, 1.165) is 43.4 Å². The Morgan fingerprint density at radius 3 is 2.56 bits per heavy atom. The molecule has 1 heterocycles. The summed E-state index contributed by atoms with van der Waals surface area (Å²) in [5, 5.41) is 11.0. The number of carbonyl (C=O) groups is 1. The van der Waals surface area contributed by atoms with Gasteiger partial charge in [0.25, 0.3) is 21.6 Å². The molecule has 144 valence electrons. The van der Waals surface area contributed by atoms with Crippen molar-refractivity contribution in [2.45, 2.75) is 43.4 Å². The monoisotopic (exact) mass is 409 g/mol. The molecule has 2 aromatic rings. The third-order valence-electron chi connectivity index (χ3n) is 4.37. The maximum Gasteiger partial charge on any atom is 0.289 e. The van der Waals surface area contributed by atoms with E-state index in [2.05, 4.69) is 5.43 Å². The molecule has 0 saturated carbocycles. The van der Waals surface area contributed by atoms with Gasteiger partial charge < -0.3 is 0 Å². The van der Waals surface area contributed by atoms with Gasteiger partial charge in [0.1, 0.15) is 0 Å². The van der Waals surface area contributed by atoms with Gasteiger partial charge in [0, 0.05) is 10.9 Å². The number of hydrazine groups is 1. The number of fused-ring (bicyclic) bond motifs is 1. The Hall–Kier alpha value is -2.30. The topological polar surface area (TPSA) is 118 Å². The predicted molar refractivity (Wildman–Crippen MR) is 101 cm³/mol. The number of hydrogen-bond acceptors (Lipinski definition) is 6. The van der Waals surface area contributed by atoms with Crippen molar-refractivity contribution < 1.29 is 18.1 Å². The normalized spacial score (nSPS) is 14.7. The zero-order valence-corrected chi connectivity index (χ0v) is 16.1. The second-order valence-corrected chi connectivity index (χ2v) is 9.05. The number of thiophene rings is 1. The molecule has 0 radical (unpaired) electrons. The number of amides is 1. The molecule has 27 heavy (non-hydrogen) atoms. The lowest BCUT2D eigenvalue weighted by molar-refractivity contribution is -0.387. The van der Waals surface area contributed by atoms with Gasteiger partial charge in [-0.2, -0.15) is 0 Å². The average molecular weight is 409 g/mol. The molecule has 10 heteroatoms. The fraction of sp³-hybridized carbons (Fsp3) is 0.353. The minimum Gasteiger partial charge on any atom is -0.273 e. The number of nitrogens with one attached hydrogen (secondary N) is 2. The number of benzene rings is 1. The summed E-state index contributed by atoms with van der Waals surface area (Å²) in [7, 11) is -4.27. The quantitative estimate of drug-likeness (QED) is 0.581. The zero-order valence-electron chi connectivity index (χ0n) is 14.4. The summed E-state index contributed by atoms with van der Waals surface area (Å²) in [4.78, 5) is 25.6. The van der Waals surface area contributed by atoms with Crippen LogP contribution in [0.25, 0.3) is 0 Å². The Balaban J connectivity index is 1.74. The van der Waals surface area contributed by atoms with Gasteiger partial charge >= 0.3 is 0 Å². The van der Waals surface area contributed by atoms with Crippen LogP contribution in [0.5, 0.6) is 0 Å². The zero-order chi connectivity index (χ0) is 19.4. The van der Waals surface area contributed by atoms with E-state index in [1.807, 2.05) is 4.83 Å². The number of para-hydroxylation sites is 1. The van der Waals surface area contributed by atoms with Crippen LogP contribution in [0.1, 0.15) is 45.8 Å². The summed E-state index contributed by atoms with van der Waals surface area (Å²) in [5.41, 5.74) is 2.74. The second kappa shape index (κ2) is 8.15. The minimum absolute atomic E-state index is 0.423. The van der Waals surface area contributed by atoms with Gasteiger partial charge in [0.05, 0.1) is 9.80 Å². The molecule has 1 aromatic heterocycles. The minimum atomic E-state index is -4.27. The molecule has 2 N–H and O–H groups in total. The van der Waals surface area contributed by atoms with Crippen molar-refractivity contribution in [2.75, 3.05) is 0 Å². The fourth-order valence-electron chi connectivity index (χ4n) is 3.02. The van der Waals surface area contributed by atoms with Crippen molar-refractivity contribution in [2.24, 2.45) is 0 Å². The van der Waals surface area contributed by atoms with E-state index in [4.69, 9.17) is 0 Å². The van der Waals surface area contributed by atoms with Crippen LogP contribution in [0, 0.1) is 10.1 Å². The summed E-state index contributed by atoms with van der Waals surface area (Å²) >= 11 is 1.37. The third kappa shape index (κ3) is 4.52. The van der Waals surface area contributed by atoms with E-state index >= 15 is 0 Å². The number of carbonyl (C=O) groups excluding carboxylic acids is 1. The van der Waals surface area contributed by atoms with Crippen molar-refractivity contribution in [3.8, 4) is 0 Å². The number of nitrogens with zero attached hydrogens (tertiary/aromatic N) is 1. The van der Waals surface area contributed by atoms with E-state index in [0.29, 0.717) is 4.88 Å². The van der Waals surface area contributed by atoms with E-state index in [1.54, 1.807) is 6.07 Å². The first-order valence-electron chi connectivity index (χ1n) is 8.55. The maximum atomic E-state index is 12.4. The van der Waals surface area contributed by atoms with Gasteiger partial charge in [-0.25, -0.2) is 8.42 Å². The molecular weight excluding hydrogens is 390 g/mol. The number of hydrogen-bond donors (Lipinski definition) is 2. The van der Waals surface area contributed by atoms with Gasteiger partial charge in [-0.1, -0.05) is 25.0 Å². The molecule has 0 unspecified atom stereocenters. The highest BCUT2D eigenvalue weighted by atomic mass is 32.2. The molecule has 8 nitrogen and oxygen atoms in total. The maximum absolute atomic E-state index is 12.4. The van der Waals surface area contributed by atoms with Crippen LogP contribution in [0.3, 0.4) is 0 Å². The Morgan fingerprint density at radius 1 is 1.11 bits per heavy atom. The summed E-state index contributed by atoms with van der Waals surface area (Å²) in [6.07, 6.45) is 6.35. The highest BCUT2D eigenvalue weighted by Crippen LogP contribution is 2.28. The predicted octanol–water partition coefficient (Wildman–Crippen LogP) is 2.94. The van der Waals surface area contributed by atoms with Crippen LogP contribution in [0.2, 0.25) is 0 Å². The third-order valence-corrected chi connectivity index (χ3v) is 6.90. The van der Waals surface area contributed by atoms with E-state index in [-0.39, 0.29) is 0 Å². The molecule has 0 fully saturated rings. The fourth-order valence-corrected chi connectivity index (χ4v) is 5.18. The average Bonchev–Trinajstić information content (AvgIpc) is 3.02. The largest absolute Gasteiger partial charge is 0.289 e. The Morgan fingerprint density at radius 2 is 1.81 bits per heavy atom. The smallest absolute Gasteiger partial charge is 0.273 e. The molecule has 1 aliphatic carbocycles. The van der Waals surface area contributed by atoms with Crippen LogP contribution < -0.4 is 10.3 Å². The SMILES string of the molecule is O=C(NNS(=O)(=O)c1ccccc1[N+](=O)[O-])c1cc2c(s1)CCCCCC2. The molecule has 0 saturated heterocycles. The highest BCUT2D eigenvalue weighted by Gasteiger charge is 2.26. The van der Waals surface area contributed by atoms with E-state index in [9.17, 15) is 23.3 Å². The van der Waals surface area contributed by atoms with Crippen molar-refractivity contribution in [3.63, 3.8) is 0 Å². The van der Waals surface area contributed by atoms with Gasteiger partial charge in [-0.15, -0.1) is 16.2 Å². The van der Waals surface area contributed by atoms with Crippen LogP contribution >= 0.6 is 11.3 Å². The first-order valence-corrected chi connectivity index (χ1v) is 10.9. The molecule has 0 atom stereocenters. The van der Waals surface area contributed by atoms with Gasteiger partial charge in [0.2, 0.25) is 0 Å². The highest BCUT2D eigenvalue weighted by molar-refractivity contribution is 7.89. The van der Waals surface area contributed by atoms with Crippen LogP contribution in [-0.2, 0) is 22.9 Å². The van der Waals surface area contributed by atoms with Crippen molar-refractivity contribution in [1.82, 2.24) is 10.3 Å². The summed E-state index contributed by atoms with van der Waals surface area (Å²) in [5.74, 6) is -0.575. The number of rotatable bonds is 5. The van der Waals surface area contributed by atoms with Crippen molar-refractivity contribution in [1.29, 1.82) is 0 Å². The number of aryl methyl sites for hydroxylation is 2. The molecule has 1 aliphatic rings. The van der Waals surface area contributed by atoms with E-state index < -0.39 is 31.4 Å². The number of sulfonamides is 1. The first-order chi connectivity index (χ1) is 12.9. The van der Waals surface area contributed by atoms with Crippen molar-refractivity contribution >= 4 is 33.0 Å². The Labute approximate surface area is 160 Å². The summed E-state index contributed by atoms with van der Waals surface area (Å²) in [6, 6.07) is 6.76. The number of nitro groups is 1. The molecule has 1 aromatic carbocycles. The first kappa shape index (κ1) is 19.5. The molecule has 0 aliphatic heterocycles. The molecule has 1 amide bonds. The van der Waals surface area contributed by atoms with Crippen LogP contribution in [0.4, 0.5) is 5.69 Å². The number of nitro benzene ring substituents is 1. The summed E-state index contributed by atoms with van der Waals surface area (Å²) < 4.78 is 24.7. The van der Waals surface area contributed by atoms with Gasteiger partial charge in [-0.05, 0) is 43.4 Å². The van der Waals surface area contributed by atoms with Gasteiger partial charge in [-0.3, -0.25) is 20.3 Å². The lowest BCUT2D eigenvalue weighted by Crippen LogP contribution is -2.41. The lowest BCUT2D eigenvalue weighted by Gasteiger charge is -2.08. The van der Waals surface area contributed by atoms with Crippen molar-refractivity contribution in [3.05, 3.63) is 55.8 Å². The molecule has 0 spiro atoms. The molecular formula is C17H19N3O5S2. The molecule has 0 bridgehead atoms. The Bertz CT molecular complexity index is 943. The van der Waals surface area contributed by atoms with E-state index in [1.165, 1.54) is 41.2 Å². The summed E-state index contributed by atoms with van der Waals surface area (Å²) in [6.45, 7) is 0. The Kier molecular flexibility index (Phi) is 5.88. The second-order valence-electron chi connectivity index (χ2n) is 6.26. The standard InChI is InChI=1S/C17H19N3O5S2/c21-17(15-11-12-7-3-1-2-4-9-14(12)26-15)18-19-27(24,25)16-10-6-5-8-13(16)20(22)23/h5-6,8,10-11,19H,1-4,7,9H2,(H,18,21). The molecule has 3 rings (SSSR count). The van der Waals surface area contributed by atoms with Gasteiger partial charge in [0.15, 0.2) is 4.90 Å². The van der Waals surface area contributed by atoms with Crippen LogP contribution in [0.15, 0.2) is 35.2 Å². The van der Waals surface area contributed by atoms with Crippen LogP contribution in [-0.4, -0.2) is 19.2 Å². The lowest BCUT2D eigenvalue weighted by atomic mass is 10.00.